The highest BCUT2D eigenvalue weighted by Crippen LogP contribution is 2.28. The van der Waals surface area contributed by atoms with Crippen molar-refractivity contribution in [1.29, 1.82) is 5.26 Å². The smallest absolute Gasteiger partial charge is 0.235 e. The molecule has 6 nitrogen and oxygen atoms in total. The molecule has 0 saturated carbocycles. The van der Waals surface area contributed by atoms with Gasteiger partial charge in [-0.1, -0.05) is 62.9 Å². The number of hydrogen-bond donors (Lipinski definition) is 1. The number of nitriles is 1. The summed E-state index contributed by atoms with van der Waals surface area (Å²) in [6, 6.07) is 12.1. The zero-order valence-corrected chi connectivity index (χ0v) is 18.8. The van der Waals surface area contributed by atoms with E-state index in [2.05, 4.69) is 61.1 Å². The summed E-state index contributed by atoms with van der Waals surface area (Å²) >= 11 is 2.63. The molecule has 1 amide bonds. The number of amides is 1. The van der Waals surface area contributed by atoms with Crippen molar-refractivity contribution in [2.75, 3.05) is 11.1 Å². The van der Waals surface area contributed by atoms with E-state index in [1.807, 2.05) is 16.7 Å². The number of nitrogens with one attached hydrogen (secondary N) is 1. The Morgan fingerprint density at radius 3 is 2.67 bits per heavy atom. The molecule has 0 fully saturated rings. The molecule has 1 N–H and O–H groups in total. The molecule has 3 rings (SSSR count). The second-order valence-electron chi connectivity index (χ2n) is 7.64. The Labute approximate surface area is 184 Å². The molecule has 8 heteroatoms. The fourth-order valence-electron chi connectivity index (χ4n) is 2.81. The van der Waals surface area contributed by atoms with Crippen LogP contribution in [0.1, 0.15) is 31.9 Å². The number of allylic oxidation sites excluding steroid dienone is 1. The molecule has 0 saturated heterocycles. The lowest BCUT2D eigenvalue weighted by atomic mass is 9.87. The maximum Gasteiger partial charge on any atom is 0.235 e. The molecule has 1 aromatic carbocycles. The highest BCUT2D eigenvalue weighted by atomic mass is 32.2. The van der Waals surface area contributed by atoms with E-state index in [0.29, 0.717) is 22.3 Å². The average Bonchev–Trinajstić information content (AvgIpc) is 3.32. The van der Waals surface area contributed by atoms with Gasteiger partial charge in [-0.25, -0.2) is 0 Å². The minimum atomic E-state index is -0.191. The first kappa shape index (κ1) is 21.8. The highest BCUT2D eigenvalue weighted by Gasteiger charge is 2.17. The fraction of sp³-hybridized carbons (Fsp3) is 0.273. The topological polar surface area (TPSA) is 83.6 Å². The molecule has 2 heterocycles. The Morgan fingerprint density at radius 1 is 1.30 bits per heavy atom. The van der Waals surface area contributed by atoms with Crippen LogP contribution in [-0.2, 0) is 16.8 Å². The van der Waals surface area contributed by atoms with Gasteiger partial charge in [-0.2, -0.15) is 5.26 Å². The summed E-state index contributed by atoms with van der Waals surface area (Å²) in [5.41, 5.74) is 2.76. The van der Waals surface area contributed by atoms with Crippen LogP contribution in [0.2, 0.25) is 0 Å². The number of nitrogens with zero attached hydrogens (tertiary/aromatic N) is 4. The van der Waals surface area contributed by atoms with E-state index in [0.717, 1.165) is 11.4 Å². The Kier molecular flexibility index (Phi) is 6.75. The third-order valence-electron chi connectivity index (χ3n) is 4.41. The van der Waals surface area contributed by atoms with Gasteiger partial charge in [-0.15, -0.1) is 28.1 Å². The molecule has 0 unspecified atom stereocenters. The van der Waals surface area contributed by atoms with E-state index < -0.39 is 0 Å². The van der Waals surface area contributed by atoms with Crippen LogP contribution in [0.4, 0.5) is 5.00 Å². The van der Waals surface area contributed by atoms with E-state index >= 15 is 0 Å². The van der Waals surface area contributed by atoms with Crippen LogP contribution in [0.15, 0.2) is 53.5 Å². The zero-order valence-electron chi connectivity index (χ0n) is 17.2. The maximum absolute atomic E-state index is 12.3. The normalized spacial score (nSPS) is 11.1. The van der Waals surface area contributed by atoms with Gasteiger partial charge in [0.15, 0.2) is 11.0 Å². The number of rotatable bonds is 7. The van der Waals surface area contributed by atoms with Crippen LogP contribution in [0.5, 0.6) is 0 Å². The van der Waals surface area contributed by atoms with E-state index in [1.165, 1.54) is 28.7 Å². The number of carbonyl (C=O) groups excluding carboxylic acids is 1. The fourth-order valence-corrected chi connectivity index (χ4v) is 4.31. The second-order valence-corrected chi connectivity index (χ2v) is 9.50. The van der Waals surface area contributed by atoms with Crippen LogP contribution in [0.25, 0.3) is 11.4 Å². The molecule has 0 aliphatic rings. The standard InChI is InChI=1S/C22H23N5OS2/c1-5-11-27-19(15-6-8-17(9-7-15)22(2,3)4)25-26-21(27)30-14-18(28)24-20-16(13-23)10-12-29-20/h5-10,12H,1,11,14H2,2-4H3,(H,24,28). The number of carbonyl (C=O) groups is 1. The van der Waals surface area contributed by atoms with Gasteiger partial charge in [0.1, 0.15) is 11.1 Å². The van der Waals surface area contributed by atoms with Gasteiger partial charge in [0.05, 0.1) is 11.3 Å². The van der Waals surface area contributed by atoms with Gasteiger partial charge < -0.3 is 5.32 Å². The number of anilines is 1. The number of thiophene rings is 1. The Balaban J connectivity index is 1.75. The van der Waals surface area contributed by atoms with Crippen molar-refractivity contribution in [1.82, 2.24) is 14.8 Å². The summed E-state index contributed by atoms with van der Waals surface area (Å²) in [4.78, 5) is 12.3. The molecular weight excluding hydrogens is 414 g/mol. The lowest BCUT2D eigenvalue weighted by molar-refractivity contribution is -0.113. The molecule has 0 spiro atoms. The Hall–Kier alpha value is -2.89. The van der Waals surface area contributed by atoms with Crippen LogP contribution in [-0.4, -0.2) is 26.4 Å². The molecule has 0 aliphatic carbocycles. The third kappa shape index (κ3) is 4.99. The first-order chi connectivity index (χ1) is 14.3. The summed E-state index contributed by atoms with van der Waals surface area (Å²) in [6.45, 7) is 10.9. The molecule has 0 aliphatic heterocycles. The predicted octanol–water partition coefficient (Wildman–Crippen LogP) is 5.09. The van der Waals surface area contributed by atoms with E-state index in [-0.39, 0.29) is 17.1 Å². The lowest BCUT2D eigenvalue weighted by Gasteiger charge is -2.19. The van der Waals surface area contributed by atoms with Crippen molar-refractivity contribution in [2.45, 2.75) is 37.9 Å². The lowest BCUT2D eigenvalue weighted by Crippen LogP contribution is -2.14. The van der Waals surface area contributed by atoms with E-state index in [1.54, 1.807) is 17.5 Å². The van der Waals surface area contributed by atoms with Crippen molar-refractivity contribution >= 4 is 34.0 Å². The molecule has 3 aromatic rings. The van der Waals surface area contributed by atoms with Crippen molar-refractivity contribution in [3.63, 3.8) is 0 Å². The molecular formula is C22H23N5OS2. The van der Waals surface area contributed by atoms with E-state index in [4.69, 9.17) is 5.26 Å². The zero-order chi connectivity index (χ0) is 21.7. The second kappa shape index (κ2) is 9.28. The molecule has 0 bridgehead atoms. The molecule has 0 radical (unpaired) electrons. The number of benzene rings is 1. The average molecular weight is 438 g/mol. The van der Waals surface area contributed by atoms with Crippen molar-refractivity contribution in [2.24, 2.45) is 0 Å². The number of aromatic nitrogens is 3. The Morgan fingerprint density at radius 2 is 2.03 bits per heavy atom. The summed E-state index contributed by atoms with van der Waals surface area (Å²) in [7, 11) is 0. The molecule has 154 valence electrons. The van der Waals surface area contributed by atoms with E-state index in [9.17, 15) is 4.79 Å². The minimum absolute atomic E-state index is 0.0790. The SMILES string of the molecule is C=CCn1c(SCC(=O)Nc2sccc2C#N)nnc1-c1ccc(C(C)(C)C)cc1. The minimum Gasteiger partial charge on any atom is -0.316 e. The van der Waals surface area contributed by atoms with Crippen LogP contribution < -0.4 is 5.32 Å². The quantitative estimate of drug-likeness (QED) is 0.411. The van der Waals surface area contributed by atoms with Gasteiger partial charge in [0.2, 0.25) is 5.91 Å². The van der Waals surface area contributed by atoms with Crippen LogP contribution >= 0.6 is 23.1 Å². The van der Waals surface area contributed by atoms with Gasteiger partial charge in [0.25, 0.3) is 0 Å². The first-order valence-corrected chi connectivity index (χ1v) is 11.2. The molecule has 2 aromatic heterocycles. The van der Waals surface area contributed by atoms with Crippen molar-refractivity contribution in [3.8, 4) is 17.5 Å². The van der Waals surface area contributed by atoms with Crippen molar-refractivity contribution in [3.05, 3.63) is 59.5 Å². The summed E-state index contributed by atoms with van der Waals surface area (Å²) < 4.78 is 1.95. The largest absolute Gasteiger partial charge is 0.316 e. The first-order valence-electron chi connectivity index (χ1n) is 9.38. The molecule has 0 atom stereocenters. The van der Waals surface area contributed by atoms with Crippen LogP contribution in [0.3, 0.4) is 0 Å². The van der Waals surface area contributed by atoms with Crippen molar-refractivity contribution < 1.29 is 4.79 Å². The summed E-state index contributed by atoms with van der Waals surface area (Å²) in [6.07, 6.45) is 1.78. The number of hydrogen-bond acceptors (Lipinski definition) is 6. The third-order valence-corrected chi connectivity index (χ3v) is 6.21. The monoisotopic (exact) mass is 437 g/mol. The summed E-state index contributed by atoms with van der Waals surface area (Å²) in [5.74, 6) is 0.715. The van der Waals surface area contributed by atoms with Gasteiger partial charge in [-0.3, -0.25) is 9.36 Å². The van der Waals surface area contributed by atoms with Gasteiger partial charge in [-0.05, 0) is 22.4 Å². The highest BCUT2D eigenvalue weighted by molar-refractivity contribution is 7.99. The maximum atomic E-state index is 12.3. The van der Waals surface area contributed by atoms with Gasteiger partial charge in [0, 0.05) is 12.1 Å². The van der Waals surface area contributed by atoms with Crippen LogP contribution in [0, 0.1) is 11.3 Å². The predicted molar refractivity (Wildman–Crippen MR) is 123 cm³/mol. The molecule has 30 heavy (non-hydrogen) atoms. The summed E-state index contributed by atoms with van der Waals surface area (Å²) in [5, 5.41) is 23.5. The number of thioether (sulfide) groups is 1. The van der Waals surface area contributed by atoms with Gasteiger partial charge >= 0.3 is 0 Å². The Bertz CT molecular complexity index is 1080.